The number of rotatable bonds is 16. The van der Waals surface area contributed by atoms with Crippen LogP contribution < -0.4 is 19.6 Å². The lowest BCUT2D eigenvalue weighted by Gasteiger charge is -2.34. The number of piperidine rings is 4. The Labute approximate surface area is 381 Å². The first-order chi connectivity index (χ1) is 31.2. The average molecular weight is 881 g/mol. The summed E-state index contributed by atoms with van der Waals surface area (Å²) in [7, 11) is 0. The SMILES string of the molecule is CCOC(=O)/C=C/c1cc(N2CCCCC2)c(/C=C/C(=O)OCC)cc1N1CCCCC1.CCOC(=O)/C=C/c1cc(N2CCCCC2)c(/C=C/C(=O)OCC)cc1N1CCCCC1. The van der Waals surface area contributed by atoms with Crippen molar-refractivity contribution in [3.63, 3.8) is 0 Å². The van der Waals surface area contributed by atoms with Crippen LogP contribution in [0.15, 0.2) is 48.6 Å². The monoisotopic (exact) mass is 881 g/mol. The molecule has 4 heterocycles. The molecule has 12 heteroatoms. The lowest BCUT2D eigenvalue weighted by atomic mass is 10.00. The number of ether oxygens (including phenoxy) is 4. The van der Waals surface area contributed by atoms with Gasteiger partial charge < -0.3 is 38.5 Å². The summed E-state index contributed by atoms with van der Waals surface area (Å²) >= 11 is 0. The third-order valence-electron chi connectivity index (χ3n) is 11.9. The molecule has 12 nitrogen and oxygen atoms in total. The number of esters is 4. The Morgan fingerprint density at radius 3 is 0.719 bits per heavy atom. The zero-order chi connectivity index (χ0) is 45.5. The Kier molecular flexibility index (Phi) is 20.8. The Morgan fingerprint density at radius 1 is 0.359 bits per heavy atom. The predicted molar refractivity (Wildman–Crippen MR) is 260 cm³/mol. The summed E-state index contributed by atoms with van der Waals surface area (Å²) in [4.78, 5) is 57.5. The van der Waals surface area contributed by atoms with Crippen molar-refractivity contribution in [3.8, 4) is 0 Å². The van der Waals surface area contributed by atoms with E-state index >= 15 is 0 Å². The molecule has 6 rings (SSSR count). The van der Waals surface area contributed by atoms with E-state index in [1.807, 2.05) is 52.0 Å². The molecule has 0 radical (unpaired) electrons. The van der Waals surface area contributed by atoms with Crippen molar-refractivity contribution in [1.29, 1.82) is 0 Å². The molecule has 4 aliphatic rings. The Hall–Kier alpha value is -5.52. The molecular formula is C52H72N4O8. The minimum Gasteiger partial charge on any atom is -0.463 e. The van der Waals surface area contributed by atoms with Crippen molar-refractivity contribution >= 4 is 70.9 Å². The van der Waals surface area contributed by atoms with Crippen LogP contribution in [0.25, 0.3) is 24.3 Å². The second kappa shape index (κ2) is 27.0. The Bertz CT molecular complexity index is 1670. The van der Waals surface area contributed by atoms with E-state index < -0.39 is 0 Å². The molecule has 0 saturated carbocycles. The van der Waals surface area contributed by atoms with Gasteiger partial charge in [-0.3, -0.25) is 0 Å². The summed E-state index contributed by atoms with van der Waals surface area (Å²) in [5.41, 5.74) is 8.40. The van der Waals surface area contributed by atoms with Gasteiger partial charge in [-0.15, -0.1) is 0 Å². The minimum atomic E-state index is -0.331. The maximum Gasteiger partial charge on any atom is 0.330 e. The number of hydrogen-bond donors (Lipinski definition) is 0. The number of hydrogen-bond acceptors (Lipinski definition) is 12. The molecule has 348 valence electrons. The third kappa shape index (κ3) is 15.3. The number of benzene rings is 2. The first-order valence-electron chi connectivity index (χ1n) is 24.0. The minimum absolute atomic E-state index is 0.331. The van der Waals surface area contributed by atoms with Crippen LogP contribution in [-0.2, 0) is 38.1 Å². The highest BCUT2D eigenvalue weighted by molar-refractivity contribution is 5.93. The summed E-state index contributed by atoms with van der Waals surface area (Å²) in [6.45, 7) is 16.6. The quantitative estimate of drug-likeness (QED) is 0.0908. The molecule has 4 aliphatic heterocycles. The van der Waals surface area contributed by atoms with Gasteiger partial charge in [-0.25, -0.2) is 19.2 Å². The summed E-state index contributed by atoms with van der Waals surface area (Å²) in [5, 5.41) is 0. The van der Waals surface area contributed by atoms with Crippen LogP contribution in [-0.4, -0.2) is 103 Å². The van der Waals surface area contributed by atoms with Gasteiger partial charge in [0, 0.05) is 122 Å². The van der Waals surface area contributed by atoms with E-state index in [0.717, 1.165) is 149 Å². The third-order valence-corrected chi connectivity index (χ3v) is 11.9. The molecule has 4 saturated heterocycles. The second-order valence-electron chi connectivity index (χ2n) is 16.5. The van der Waals surface area contributed by atoms with Crippen LogP contribution in [0, 0.1) is 0 Å². The molecule has 0 aromatic heterocycles. The molecule has 0 bridgehead atoms. The predicted octanol–water partition coefficient (Wildman–Crippen LogP) is 9.64. The highest BCUT2D eigenvalue weighted by Gasteiger charge is 2.22. The molecule has 2 aromatic carbocycles. The number of nitrogens with zero attached hydrogens (tertiary/aromatic N) is 4. The first-order valence-corrected chi connectivity index (χ1v) is 24.0. The maximum atomic E-state index is 12.0. The average Bonchev–Trinajstić information content (AvgIpc) is 3.33. The van der Waals surface area contributed by atoms with Gasteiger partial charge in [0.2, 0.25) is 0 Å². The highest BCUT2D eigenvalue weighted by atomic mass is 16.5. The lowest BCUT2D eigenvalue weighted by molar-refractivity contribution is -0.138. The summed E-state index contributed by atoms with van der Waals surface area (Å²) in [6.07, 6.45) is 27.7. The van der Waals surface area contributed by atoms with Gasteiger partial charge in [0.25, 0.3) is 0 Å². The van der Waals surface area contributed by atoms with Crippen molar-refractivity contribution in [2.24, 2.45) is 0 Å². The second-order valence-corrected chi connectivity index (χ2v) is 16.5. The standard InChI is InChI=1S/2C26H36N2O4/c2*1-3-31-25(29)13-11-21-19-24(28-17-9-6-10-18-28)22(12-14-26(30)32-4-2)20-23(21)27-15-7-5-8-16-27/h2*11-14,19-20H,3-10,15-18H2,1-2H3/b2*13-11+,14-12+. The fourth-order valence-electron chi connectivity index (χ4n) is 8.78. The van der Waals surface area contributed by atoms with E-state index in [-0.39, 0.29) is 23.9 Å². The van der Waals surface area contributed by atoms with Gasteiger partial charge in [-0.2, -0.15) is 0 Å². The maximum absolute atomic E-state index is 12.0. The highest BCUT2D eigenvalue weighted by Crippen LogP contribution is 2.37. The zero-order valence-electron chi connectivity index (χ0n) is 39.0. The van der Waals surface area contributed by atoms with Gasteiger partial charge in [0.1, 0.15) is 0 Å². The smallest absolute Gasteiger partial charge is 0.330 e. The lowest BCUT2D eigenvalue weighted by Crippen LogP contribution is -2.32. The van der Waals surface area contributed by atoms with E-state index in [1.54, 1.807) is 0 Å². The Balaban J connectivity index is 0.000000241. The molecule has 0 unspecified atom stereocenters. The van der Waals surface area contributed by atoms with Gasteiger partial charge in [0.15, 0.2) is 0 Å². The molecular weight excluding hydrogens is 809 g/mol. The molecule has 0 N–H and O–H groups in total. The van der Waals surface area contributed by atoms with Gasteiger partial charge in [0.05, 0.1) is 26.4 Å². The van der Waals surface area contributed by atoms with Crippen LogP contribution in [0.3, 0.4) is 0 Å². The van der Waals surface area contributed by atoms with E-state index in [2.05, 4.69) is 43.9 Å². The van der Waals surface area contributed by atoms with Crippen LogP contribution in [0.5, 0.6) is 0 Å². The number of anilines is 4. The summed E-state index contributed by atoms with van der Waals surface area (Å²) in [5.74, 6) is -1.32. The Morgan fingerprint density at radius 2 is 0.547 bits per heavy atom. The fraction of sp³-hybridized carbons (Fsp3) is 0.538. The van der Waals surface area contributed by atoms with Gasteiger partial charge in [-0.05, 0) is 153 Å². The molecule has 2 aromatic rings. The van der Waals surface area contributed by atoms with E-state index in [0.29, 0.717) is 26.4 Å². The zero-order valence-corrected chi connectivity index (χ0v) is 39.0. The summed E-state index contributed by atoms with van der Waals surface area (Å²) < 4.78 is 20.4. The first kappa shape index (κ1) is 49.5. The van der Waals surface area contributed by atoms with Gasteiger partial charge >= 0.3 is 23.9 Å². The van der Waals surface area contributed by atoms with Crippen LogP contribution >= 0.6 is 0 Å². The topological polar surface area (TPSA) is 118 Å². The van der Waals surface area contributed by atoms with Crippen LogP contribution in [0.1, 0.15) is 127 Å². The van der Waals surface area contributed by atoms with E-state index in [4.69, 9.17) is 18.9 Å². The normalized spacial score (nSPS) is 17.2. The molecule has 0 spiro atoms. The van der Waals surface area contributed by atoms with Crippen LogP contribution in [0.2, 0.25) is 0 Å². The molecule has 0 aliphatic carbocycles. The molecule has 0 amide bonds. The van der Waals surface area contributed by atoms with Gasteiger partial charge in [-0.1, -0.05) is 0 Å². The van der Waals surface area contributed by atoms with Crippen molar-refractivity contribution in [3.05, 3.63) is 70.8 Å². The van der Waals surface area contributed by atoms with Crippen LogP contribution in [0.4, 0.5) is 22.7 Å². The van der Waals surface area contributed by atoms with E-state index in [1.165, 1.54) is 50.0 Å². The van der Waals surface area contributed by atoms with Crippen molar-refractivity contribution < 1.29 is 38.1 Å². The largest absolute Gasteiger partial charge is 0.463 e. The van der Waals surface area contributed by atoms with Crippen molar-refractivity contribution in [1.82, 2.24) is 0 Å². The molecule has 0 atom stereocenters. The number of carbonyl (C=O) groups excluding carboxylic acids is 4. The number of carbonyl (C=O) groups is 4. The molecule has 4 fully saturated rings. The fourth-order valence-corrected chi connectivity index (χ4v) is 8.78. The molecule has 64 heavy (non-hydrogen) atoms. The van der Waals surface area contributed by atoms with Crippen molar-refractivity contribution in [2.45, 2.75) is 105 Å². The van der Waals surface area contributed by atoms with E-state index in [9.17, 15) is 19.2 Å². The van der Waals surface area contributed by atoms with Crippen molar-refractivity contribution in [2.75, 3.05) is 98.4 Å². The summed E-state index contributed by atoms with van der Waals surface area (Å²) in [6, 6.07) is 8.65.